The lowest BCUT2D eigenvalue weighted by molar-refractivity contribution is -0.274. The highest BCUT2D eigenvalue weighted by Crippen LogP contribution is 2.53. The third-order valence-electron chi connectivity index (χ3n) is 4.80. The van der Waals surface area contributed by atoms with Crippen LogP contribution in [0.4, 0.5) is 18.9 Å². The van der Waals surface area contributed by atoms with E-state index in [4.69, 9.17) is 0 Å². The molecule has 1 aromatic rings. The summed E-state index contributed by atoms with van der Waals surface area (Å²) in [5.41, 5.74) is 0.281. The number of halogens is 3. The fraction of sp³-hybridized carbons (Fsp3) is 0.375. The van der Waals surface area contributed by atoms with E-state index in [0.29, 0.717) is 0 Å². The maximum Gasteiger partial charge on any atom is 0.573 e. The molecule has 4 nitrogen and oxygen atoms in total. The third-order valence-corrected chi connectivity index (χ3v) is 4.80. The minimum atomic E-state index is -4.78. The molecule has 1 saturated carbocycles. The molecule has 2 fully saturated rings. The SMILES string of the molecule is O=C1[C@H]2[C@H](C(=O)N1c1ccc(OC(F)(F)F)cc1)[C@H]1C=C[C@H]2C1. The molecule has 3 aliphatic rings. The van der Waals surface area contributed by atoms with Crippen LogP contribution in [0, 0.1) is 23.7 Å². The lowest BCUT2D eigenvalue weighted by Gasteiger charge is -2.18. The van der Waals surface area contributed by atoms with Crippen molar-refractivity contribution < 1.29 is 27.5 Å². The number of amides is 2. The van der Waals surface area contributed by atoms with E-state index in [1.54, 1.807) is 0 Å². The quantitative estimate of drug-likeness (QED) is 0.621. The van der Waals surface area contributed by atoms with Gasteiger partial charge in [-0.3, -0.25) is 14.5 Å². The molecule has 1 saturated heterocycles. The highest BCUT2D eigenvalue weighted by Gasteiger charge is 2.59. The number of carbonyl (C=O) groups is 2. The summed E-state index contributed by atoms with van der Waals surface area (Å²) >= 11 is 0. The minimum Gasteiger partial charge on any atom is -0.406 e. The number of fused-ring (bicyclic) bond motifs is 5. The molecule has 0 N–H and O–H groups in total. The number of benzene rings is 1. The first kappa shape index (κ1) is 14.3. The van der Waals surface area contributed by atoms with Crippen molar-refractivity contribution in [3.05, 3.63) is 36.4 Å². The zero-order valence-electron chi connectivity index (χ0n) is 11.8. The normalized spacial score (nSPS) is 31.9. The molecule has 0 unspecified atom stereocenters. The molecule has 2 amide bonds. The Labute approximate surface area is 129 Å². The van der Waals surface area contributed by atoms with Crippen molar-refractivity contribution in [3.8, 4) is 5.75 Å². The Morgan fingerprint density at radius 3 is 1.96 bits per heavy atom. The topological polar surface area (TPSA) is 46.6 Å². The zero-order valence-corrected chi connectivity index (χ0v) is 11.8. The molecular formula is C16H12F3NO3. The Balaban J connectivity index is 1.59. The van der Waals surface area contributed by atoms with Crippen molar-refractivity contribution in [1.29, 1.82) is 0 Å². The van der Waals surface area contributed by atoms with E-state index >= 15 is 0 Å². The van der Waals surface area contributed by atoms with Crippen molar-refractivity contribution in [2.45, 2.75) is 12.8 Å². The Hall–Kier alpha value is -2.31. The second-order valence-corrected chi connectivity index (χ2v) is 6.05. The number of imide groups is 1. The van der Waals surface area contributed by atoms with Crippen LogP contribution in [0.5, 0.6) is 5.75 Å². The molecule has 120 valence electrons. The van der Waals surface area contributed by atoms with Gasteiger partial charge in [0.1, 0.15) is 5.75 Å². The molecular weight excluding hydrogens is 311 g/mol. The molecule has 0 radical (unpaired) electrons. The Morgan fingerprint density at radius 2 is 1.48 bits per heavy atom. The van der Waals surface area contributed by atoms with Gasteiger partial charge in [-0.15, -0.1) is 13.2 Å². The minimum absolute atomic E-state index is 0.0966. The zero-order chi connectivity index (χ0) is 16.4. The number of alkyl halides is 3. The molecule has 2 bridgehead atoms. The van der Waals surface area contributed by atoms with Crippen LogP contribution in [-0.2, 0) is 9.59 Å². The number of ether oxygens (including phenoxy) is 1. The molecule has 7 heteroatoms. The summed E-state index contributed by atoms with van der Waals surface area (Å²) in [5, 5.41) is 0. The van der Waals surface area contributed by atoms with Crippen LogP contribution in [0.25, 0.3) is 0 Å². The molecule has 4 rings (SSSR count). The van der Waals surface area contributed by atoms with Gasteiger partial charge in [0, 0.05) is 0 Å². The summed E-state index contributed by atoms with van der Waals surface area (Å²) in [6.45, 7) is 0. The highest BCUT2D eigenvalue weighted by molar-refractivity contribution is 6.22. The van der Waals surface area contributed by atoms with Crippen LogP contribution >= 0.6 is 0 Å². The predicted octanol–water partition coefficient (Wildman–Crippen LogP) is 2.90. The van der Waals surface area contributed by atoms with E-state index in [-0.39, 0.29) is 46.9 Å². The van der Waals surface area contributed by atoms with Gasteiger partial charge in [-0.1, -0.05) is 12.2 Å². The number of carbonyl (C=O) groups excluding carboxylic acids is 2. The van der Waals surface area contributed by atoms with Crippen molar-refractivity contribution in [3.63, 3.8) is 0 Å². The van der Waals surface area contributed by atoms with E-state index in [2.05, 4.69) is 4.74 Å². The molecule has 2 aliphatic carbocycles. The number of nitrogens with zero attached hydrogens (tertiary/aromatic N) is 1. The van der Waals surface area contributed by atoms with Gasteiger partial charge in [-0.2, -0.15) is 0 Å². The highest BCUT2D eigenvalue weighted by atomic mass is 19.4. The van der Waals surface area contributed by atoms with Gasteiger partial charge in [0.25, 0.3) is 0 Å². The summed E-state index contributed by atoms with van der Waals surface area (Å²) in [7, 11) is 0. The fourth-order valence-electron chi connectivity index (χ4n) is 3.95. The van der Waals surface area contributed by atoms with Crippen molar-refractivity contribution in [2.24, 2.45) is 23.7 Å². The number of rotatable bonds is 2. The summed E-state index contributed by atoms with van der Waals surface area (Å²) in [5.74, 6) is -1.38. The number of allylic oxidation sites excluding steroid dienone is 2. The Kier molecular flexibility index (Phi) is 2.86. The Bertz CT molecular complexity index is 680. The van der Waals surface area contributed by atoms with Gasteiger partial charge in [-0.25, -0.2) is 0 Å². The second-order valence-electron chi connectivity index (χ2n) is 6.05. The van der Waals surface area contributed by atoms with Crippen molar-refractivity contribution in [1.82, 2.24) is 0 Å². The number of anilines is 1. The summed E-state index contributed by atoms with van der Waals surface area (Å²) in [6.07, 6.45) is 0.0310. The first-order valence-electron chi connectivity index (χ1n) is 7.27. The lowest BCUT2D eigenvalue weighted by atomic mass is 9.85. The van der Waals surface area contributed by atoms with E-state index in [0.717, 1.165) is 23.5 Å². The maximum absolute atomic E-state index is 12.6. The lowest BCUT2D eigenvalue weighted by Crippen LogP contribution is -2.32. The van der Waals surface area contributed by atoms with Crippen LogP contribution in [-0.4, -0.2) is 18.2 Å². The third kappa shape index (κ3) is 2.14. The summed E-state index contributed by atoms with van der Waals surface area (Å²) in [4.78, 5) is 26.2. The summed E-state index contributed by atoms with van der Waals surface area (Å²) in [6, 6.07) is 4.80. The predicted molar refractivity (Wildman–Crippen MR) is 73.3 cm³/mol. The molecule has 0 aromatic heterocycles. The first-order valence-corrected chi connectivity index (χ1v) is 7.27. The van der Waals surface area contributed by atoms with Gasteiger partial charge in [0.2, 0.25) is 11.8 Å². The fourth-order valence-corrected chi connectivity index (χ4v) is 3.95. The molecule has 1 heterocycles. The van der Waals surface area contributed by atoms with Crippen LogP contribution in [0.1, 0.15) is 6.42 Å². The first-order chi connectivity index (χ1) is 10.8. The maximum atomic E-state index is 12.6. The van der Waals surface area contributed by atoms with Crippen LogP contribution in [0.2, 0.25) is 0 Å². The Morgan fingerprint density at radius 1 is 0.957 bits per heavy atom. The van der Waals surface area contributed by atoms with E-state index in [1.807, 2.05) is 12.2 Å². The monoisotopic (exact) mass is 323 g/mol. The number of hydrogen-bond acceptors (Lipinski definition) is 3. The molecule has 23 heavy (non-hydrogen) atoms. The number of hydrogen-bond donors (Lipinski definition) is 0. The molecule has 4 atom stereocenters. The smallest absolute Gasteiger partial charge is 0.406 e. The van der Waals surface area contributed by atoms with Gasteiger partial charge in [-0.05, 0) is 42.5 Å². The molecule has 1 aliphatic heterocycles. The average molecular weight is 323 g/mol. The van der Waals surface area contributed by atoms with Crippen molar-refractivity contribution >= 4 is 17.5 Å². The van der Waals surface area contributed by atoms with Gasteiger partial charge in [0.05, 0.1) is 17.5 Å². The van der Waals surface area contributed by atoms with Gasteiger partial charge >= 0.3 is 6.36 Å². The van der Waals surface area contributed by atoms with Gasteiger partial charge in [0.15, 0.2) is 0 Å². The van der Waals surface area contributed by atoms with E-state index < -0.39 is 6.36 Å². The average Bonchev–Trinajstić information content (AvgIpc) is 3.13. The second kappa shape index (κ2) is 4.59. The molecule has 0 spiro atoms. The van der Waals surface area contributed by atoms with E-state index in [1.165, 1.54) is 12.1 Å². The van der Waals surface area contributed by atoms with Crippen LogP contribution in [0.3, 0.4) is 0 Å². The standard InChI is InChI=1S/C16H12F3NO3/c17-16(18,19)23-11-5-3-10(4-6-11)20-14(21)12-8-1-2-9(7-8)13(12)15(20)22/h1-6,8-9,12-13H,7H2/t8-,9-,12+,13+/m0/s1. The van der Waals surface area contributed by atoms with Crippen LogP contribution in [0.15, 0.2) is 36.4 Å². The molecule has 1 aromatic carbocycles. The van der Waals surface area contributed by atoms with Crippen LogP contribution < -0.4 is 9.64 Å². The largest absolute Gasteiger partial charge is 0.573 e. The van der Waals surface area contributed by atoms with E-state index in [9.17, 15) is 22.8 Å². The van der Waals surface area contributed by atoms with Gasteiger partial charge < -0.3 is 4.74 Å². The summed E-state index contributed by atoms with van der Waals surface area (Å²) < 4.78 is 40.3. The van der Waals surface area contributed by atoms with Crippen molar-refractivity contribution in [2.75, 3.05) is 4.90 Å².